The fourth-order valence-corrected chi connectivity index (χ4v) is 1.86. The third kappa shape index (κ3) is 3.16. The molecule has 0 radical (unpaired) electrons. The van der Waals surface area contributed by atoms with Gasteiger partial charge in [0.25, 0.3) is 0 Å². The summed E-state index contributed by atoms with van der Waals surface area (Å²) in [4.78, 5) is 22.1. The number of aliphatic hydroxyl groups is 1. The van der Waals surface area contributed by atoms with Crippen LogP contribution in [0.5, 0.6) is 0 Å². The van der Waals surface area contributed by atoms with Crippen LogP contribution in [0, 0.1) is 6.92 Å². The molecule has 0 saturated heterocycles. The number of aryl methyl sites for hydroxylation is 1. The van der Waals surface area contributed by atoms with Gasteiger partial charge in [0, 0.05) is 10.9 Å². The Hall–Kier alpha value is -2.34. The summed E-state index contributed by atoms with van der Waals surface area (Å²) in [5, 5.41) is 20.8. The lowest BCUT2D eigenvalue weighted by molar-refractivity contribution is -0.146. The van der Waals surface area contributed by atoms with Crippen molar-refractivity contribution in [2.24, 2.45) is 0 Å². The fourth-order valence-electron chi connectivity index (χ4n) is 1.86. The molecule has 0 aliphatic rings. The quantitative estimate of drug-likeness (QED) is 0.752. The molecule has 0 saturated carbocycles. The lowest BCUT2D eigenvalue weighted by atomic mass is 10.1. The van der Waals surface area contributed by atoms with Gasteiger partial charge in [-0.3, -0.25) is 4.79 Å². The molecule has 0 aliphatic heterocycles. The number of aliphatic carboxylic acids is 1. The molecule has 0 unspecified atom stereocenters. The van der Waals surface area contributed by atoms with E-state index in [1.807, 2.05) is 25.1 Å². The molecule has 0 aliphatic carbocycles. The molecule has 0 fully saturated rings. The van der Waals surface area contributed by atoms with Gasteiger partial charge < -0.3 is 19.9 Å². The minimum atomic E-state index is -1.59. The Labute approximate surface area is 115 Å². The molecule has 1 aromatic heterocycles. The van der Waals surface area contributed by atoms with Gasteiger partial charge in [0.05, 0.1) is 19.2 Å². The van der Waals surface area contributed by atoms with E-state index in [4.69, 9.17) is 14.6 Å². The molecular weight excluding hydrogens is 262 g/mol. The molecule has 6 heteroatoms. The maximum absolute atomic E-state index is 11.7. The van der Waals surface area contributed by atoms with Crippen molar-refractivity contribution in [2.45, 2.75) is 19.4 Å². The van der Waals surface area contributed by atoms with Crippen molar-refractivity contribution in [3.63, 3.8) is 0 Å². The minimum Gasteiger partial charge on any atom is -0.479 e. The Morgan fingerprint density at radius 3 is 2.85 bits per heavy atom. The molecule has 20 heavy (non-hydrogen) atoms. The lowest BCUT2D eigenvalue weighted by Crippen LogP contribution is -2.37. The average Bonchev–Trinajstić information content (AvgIpc) is 2.78. The van der Waals surface area contributed by atoms with E-state index < -0.39 is 12.1 Å². The van der Waals surface area contributed by atoms with Crippen molar-refractivity contribution in [1.82, 2.24) is 5.32 Å². The van der Waals surface area contributed by atoms with Crippen molar-refractivity contribution in [2.75, 3.05) is 6.54 Å². The van der Waals surface area contributed by atoms with Crippen molar-refractivity contribution >= 4 is 22.8 Å². The van der Waals surface area contributed by atoms with Crippen LogP contribution in [0.2, 0.25) is 0 Å². The maximum atomic E-state index is 11.7. The Balaban J connectivity index is 2.01. The highest BCUT2D eigenvalue weighted by atomic mass is 16.4. The number of furan rings is 1. The number of hydrogen-bond donors (Lipinski definition) is 3. The van der Waals surface area contributed by atoms with Gasteiger partial charge >= 0.3 is 5.97 Å². The maximum Gasteiger partial charge on any atom is 0.334 e. The Morgan fingerprint density at radius 1 is 1.40 bits per heavy atom. The molecule has 1 atom stereocenters. The van der Waals surface area contributed by atoms with Crippen LogP contribution in [-0.4, -0.2) is 34.7 Å². The van der Waals surface area contributed by atoms with E-state index in [0.717, 1.165) is 16.5 Å². The largest absolute Gasteiger partial charge is 0.479 e. The molecule has 2 rings (SSSR count). The van der Waals surface area contributed by atoms with E-state index >= 15 is 0 Å². The van der Waals surface area contributed by atoms with Crippen LogP contribution in [0.4, 0.5) is 0 Å². The van der Waals surface area contributed by atoms with Crippen molar-refractivity contribution < 1.29 is 24.2 Å². The first-order chi connectivity index (χ1) is 9.47. The number of fused-ring (bicyclic) bond motifs is 1. The zero-order chi connectivity index (χ0) is 14.7. The van der Waals surface area contributed by atoms with Gasteiger partial charge in [-0.05, 0) is 18.6 Å². The third-order valence-electron chi connectivity index (χ3n) is 2.94. The predicted molar refractivity (Wildman–Crippen MR) is 71.3 cm³/mol. The van der Waals surface area contributed by atoms with E-state index in [0.29, 0.717) is 5.58 Å². The molecule has 0 spiro atoms. The molecule has 106 valence electrons. The van der Waals surface area contributed by atoms with Crippen molar-refractivity contribution in [3.05, 3.63) is 35.6 Å². The highest BCUT2D eigenvalue weighted by Crippen LogP contribution is 2.22. The topological polar surface area (TPSA) is 99.8 Å². The number of benzene rings is 1. The second kappa shape index (κ2) is 5.75. The van der Waals surface area contributed by atoms with E-state index in [1.165, 1.54) is 6.26 Å². The van der Waals surface area contributed by atoms with Crippen molar-refractivity contribution in [3.8, 4) is 0 Å². The number of carboxylic acid groups (broad SMARTS) is 1. The van der Waals surface area contributed by atoms with E-state index in [1.54, 1.807) is 0 Å². The van der Waals surface area contributed by atoms with Crippen LogP contribution in [0.25, 0.3) is 11.0 Å². The Kier molecular flexibility index (Phi) is 4.05. The summed E-state index contributed by atoms with van der Waals surface area (Å²) in [5.41, 5.74) is 2.49. The fraction of sp³-hybridized carbons (Fsp3) is 0.286. The van der Waals surface area contributed by atoms with Crippen LogP contribution in [0.3, 0.4) is 0 Å². The number of carbonyl (C=O) groups is 2. The monoisotopic (exact) mass is 277 g/mol. The summed E-state index contributed by atoms with van der Waals surface area (Å²) in [5.74, 6) is -1.73. The molecule has 1 amide bonds. The second-order valence-electron chi connectivity index (χ2n) is 4.60. The number of hydrogen-bond acceptors (Lipinski definition) is 4. The average molecular weight is 277 g/mol. The Bertz CT molecular complexity index is 646. The van der Waals surface area contributed by atoms with E-state index in [-0.39, 0.29) is 18.9 Å². The smallest absolute Gasteiger partial charge is 0.334 e. The molecule has 1 aromatic carbocycles. The summed E-state index contributed by atoms with van der Waals surface area (Å²) in [6.07, 6.45) is -0.0117. The summed E-state index contributed by atoms with van der Waals surface area (Å²) in [6.45, 7) is 1.63. The van der Waals surface area contributed by atoms with E-state index in [9.17, 15) is 9.59 Å². The summed E-state index contributed by atoms with van der Waals surface area (Å²) >= 11 is 0. The number of amides is 1. The van der Waals surface area contributed by atoms with Crippen LogP contribution >= 0.6 is 0 Å². The van der Waals surface area contributed by atoms with Gasteiger partial charge in [0.15, 0.2) is 6.10 Å². The SMILES string of the molecule is Cc1ccc2c(CC(=O)NC[C@H](O)C(=O)O)coc2c1. The number of nitrogens with one attached hydrogen (secondary N) is 1. The highest BCUT2D eigenvalue weighted by Gasteiger charge is 2.15. The number of carbonyl (C=O) groups excluding carboxylic acids is 1. The minimum absolute atomic E-state index is 0.0718. The van der Waals surface area contributed by atoms with Gasteiger partial charge in [-0.2, -0.15) is 0 Å². The highest BCUT2D eigenvalue weighted by molar-refractivity contribution is 5.88. The zero-order valence-corrected chi connectivity index (χ0v) is 10.9. The van der Waals surface area contributed by atoms with Crippen LogP contribution in [0.1, 0.15) is 11.1 Å². The molecule has 0 bridgehead atoms. The molecular formula is C14H15NO5. The molecule has 1 heterocycles. The van der Waals surface area contributed by atoms with Crippen LogP contribution in [0.15, 0.2) is 28.9 Å². The van der Waals surface area contributed by atoms with Crippen LogP contribution in [-0.2, 0) is 16.0 Å². The zero-order valence-electron chi connectivity index (χ0n) is 10.9. The normalized spacial score (nSPS) is 12.3. The second-order valence-corrected chi connectivity index (χ2v) is 4.60. The summed E-state index contributed by atoms with van der Waals surface area (Å²) < 4.78 is 5.37. The number of carboxylic acids is 1. The Morgan fingerprint density at radius 2 is 2.15 bits per heavy atom. The first-order valence-corrected chi connectivity index (χ1v) is 6.11. The lowest BCUT2D eigenvalue weighted by Gasteiger charge is -2.07. The predicted octanol–water partition coefficient (Wildman–Crippen LogP) is 0.845. The molecule has 3 N–H and O–H groups in total. The van der Waals surface area contributed by atoms with Gasteiger partial charge in [0.2, 0.25) is 5.91 Å². The number of aliphatic hydroxyl groups excluding tert-OH is 1. The summed E-state index contributed by atoms with van der Waals surface area (Å²) in [7, 11) is 0. The van der Waals surface area contributed by atoms with Crippen LogP contribution < -0.4 is 5.32 Å². The third-order valence-corrected chi connectivity index (χ3v) is 2.94. The summed E-state index contributed by atoms with van der Waals surface area (Å²) in [6, 6.07) is 5.68. The van der Waals surface area contributed by atoms with Gasteiger partial charge in [-0.15, -0.1) is 0 Å². The van der Waals surface area contributed by atoms with Gasteiger partial charge in [-0.1, -0.05) is 12.1 Å². The van der Waals surface area contributed by atoms with Gasteiger partial charge in [0.1, 0.15) is 5.58 Å². The van der Waals surface area contributed by atoms with E-state index in [2.05, 4.69) is 5.32 Å². The molecule has 2 aromatic rings. The molecule has 6 nitrogen and oxygen atoms in total. The number of rotatable bonds is 5. The van der Waals surface area contributed by atoms with Gasteiger partial charge in [-0.25, -0.2) is 4.79 Å². The first-order valence-electron chi connectivity index (χ1n) is 6.11. The van der Waals surface area contributed by atoms with Crippen molar-refractivity contribution in [1.29, 1.82) is 0 Å². The first kappa shape index (κ1) is 14.1. The standard InChI is InChI=1S/C14H15NO5/c1-8-2-3-10-9(7-20-12(10)4-8)5-13(17)15-6-11(16)14(18)19/h2-4,7,11,16H,5-6H2,1H3,(H,15,17)(H,18,19)/t11-/m0/s1.